The Hall–Kier alpha value is -1.10. The number of furan rings is 1. The third-order valence-corrected chi connectivity index (χ3v) is 4.48. The van der Waals surface area contributed by atoms with E-state index in [9.17, 15) is 0 Å². The molecule has 0 aliphatic heterocycles. The first-order valence-electron chi connectivity index (χ1n) is 7.23. The number of nitrogens with one attached hydrogen (secondary N) is 1. The Morgan fingerprint density at radius 1 is 1.45 bits per heavy atom. The fraction of sp³-hybridized carbons (Fsp3) is 0.500. The lowest BCUT2D eigenvalue weighted by Crippen LogP contribution is -2.15. The maximum atomic E-state index is 5.74. The molecule has 108 valence electrons. The second kappa shape index (κ2) is 6.57. The molecule has 0 spiro atoms. The highest BCUT2D eigenvalue weighted by Gasteiger charge is 2.20. The first-order valence-corrected chi connectivity index (χ1v) is 8.11. The molecule has 1 saturated carbocycles. The van der Waals surface area contributed by atoms with Crippen molar-refractivity contribution in [1.29, 1.82) is 0 Å². The van der Waals surface area contributed by atoms with E-state index < -0.39 is 0 Å². The van der Waals surface area contributed by atoms with E-state index >= 15 is 0 Å². The van der Waals surface area contributed by atoms with Crippen LogP contribution in [0.4, 0.5) is 0 Å². The van der Waals surface area contributed by atoms with Gasteiger partial charge in [0.05, 0.1) is 6.61 Å². The number of thiophene rings is 1. The van der Waals surface area contributed by atoms with Gasteiger partial charge in [0.25, 0.3) is 0 Å². The molecule has 1 aliphatic carbocycles. The molecule has 1 fully saturated rings. The van der Waals surface area contributed by atoms with Crippen molar-refractivity contribution in [2.45, 2.75) is 45.4 Å². The number of ether oxygens (including phenoxy) is 1. The van der Waals surface area contributed by atoms with E-state index in [0.29, 0.717) is 6.61 Å². The van der Waals surface area contributed by atoms with Crippen LogP contribution in [0.1, 0.15) is 34.8 Å². The van der Waals surface area contributed by atoms with Crippen molar-refractivity contribution in [2.75, 3.05) is 6.61 Å². The molecule has 0 aromatic carbocycles. The van der Waals surface area contributed by atoms with Crippen molar-refractivity contribution in [3.05, 3.63) is 45.5 Å². The Kier molecular flexibility index (Phi) is 4.55. The fourth-order valence-corrected chi connectivity index (χ4v) is 2.87. The molecule has 1 aliphatic rings. The molecular formula is C16H21NO2S. The largest absolute Gasteiger partial charge is 0.464 e. The molecule has 1 N–H and O–H groups in total. The Bertz CT molecular complexity index is 529. The average molecular weight is 291 g/mol. The van der Waals surface area contributed by atoms with Crippen molar-refractivity contribution < 1.29 is 9.15 Å². The van der Waals surface area contributed by atoms with E-state index in [1.54, 1.807) is 11.3 Å². The van der Waals surface area contributed by atoms with Gasteiger partial charge in [0.15, 0.2) is 0 Å². The SMILES string of the molecule is Cc1oc(COCCc2cccs2)cc1CNC1CC1. The molecule has 0 radical (unpaired) electrons. The zero-order valence-corrected chi connectivity index (χ0v) is 12.7. The highest BCUT2D eigenvalue weighted by Crippen LogP contribution is 2.21. The van der Waals surface area contributed by atoms with Gasteiger partial charge in [-0.1, -0.05) is 6.07 Å². The van der Waals surface area contributed by atoms with Crippen LogP contribution in [0.3, 0.4) is 0 Å². The van der Waals surface area contributed by atoms with E-state index in [4.69, 9.17) is 9.15 Å². The van der Waals surface area contributed by atoms with Crippen molar-refractivity contribution in [3.8, 4) is 0 Å². The van der Waals surface area contributed by atoms with Gasteiger partial charge in [0, 0.05) is 29.4 Å². The van der Waals surface area contributed by atoms with Crippen LogP contribution in [-0.4, -0.2) is 12.6 Å². The average Bonchev–Trinajstić information content (AvgIpc) is 2.99. The van der Waals surface area contributed by atoms with Crippen LogP contribution in [0, 0.1) is 6.92 Å². The molecule has 3 nitrogen and oxygen atoms in total. The van der Waals surface area contributed by atoms with Crippen LogP contribution >= 0.6 is 11.3 Å². The number of hydrogen-bond acceptors (Lipinski definition) is 4. The molecule has 0 amide bonds. The summed E-state index contributed by atoms with van der Waals surface area (Å²) in [6, 6.07) is 7.08. The molecule has 2 aromatic heterocycles. The first kappa shape index (κ1) is 13.9. The van der Waals surface area contributed by atoms with E-state index in [1.807, 2.05) is 6.92 Å². The number of hydrogen-bond donors (Lipinski definition) is 1. The molecule has 0 unspecified atom stereocenters. The molecule has 2 aromatic rings. The minimum Gasteiger partial charge on any atom is -0.464 e. The summed E-state index contributed by atoms with van der Waals surface area (Å²) in [5.74, 6) is 1.94. The summed E-state index contributed by atoms with van der Waals surface area (Å²) >= 11 is 1.78. The summed E-state index contributed by atoms with van der Waals surface area (Å²) in [5.41, 5.74) is 1.26. The fourth-order valence-electron chi connectivity index (χ4n) is 2.18. The van der Waals surface area contributed by atoms with E-state index in [1.165, 1.54) is 23.3 Å². The third kappa shape index (κ3) is 3.95. The lowest BCUT2D eigenvalue weighted by Gasteiger charge is -2.00. The Morgan fingerprint density at radius 2 is 2.35 bits per heavy atom. The Morgan fingerprint density at radius 3 is 3.10 bits per heavy atom. The van der Waals surface area contributed by atoms with Gasteiger partial charge in [0.1, 0.15) is 18.1 Å². The summed E-state index contributed by atoms with van der Waals surface area (Å²) in [7, 11) is 0. The van der Waals surface area contributed by atoms with Gasteiger partial charge < -0.3 is 14.5 Å². The van der Waals surface area contributed by atoms with Crippen LogP contribution in [-0.2, 0) is 24.3 Å². The van der Waals surface area contributed by atoms with Crippen LogP contribution in [0.5, 0.6) is 0 Å². The number of aryl methyl sites for hydroxylation is 1. The quantitative estimate of drug-likeness (QED) is 0.754. The normalized spacial score (nSPS) is 14.8. The van der Waals surface area contributed by atoms with E-state index in [2.05, 4.69) is 28.9 Å². The second-order valence-electron chi connectivity index (χ2n) is 5.33. The summed E-state index contributed by atoms with van der Waals surface area (Å²) < 4.78 is 11.4. The number of rotatable bonds is 8. The highest BCUT2D eigenvalue weighted by atomic mass is 32.1. The molecule has 20 heavy (non-hydrogen) atoms. The zero-order chi connectivity index (χ0) is 13.8. The van der Waals surface area contributed by atoms with Gasteiger partial charge in [0.2, 0.25) is 0 Å². The summed E-state index contributed by atoms with van der Waals surface area (Å²) in [6.07, 6.45) is 3.61. The van der Waals surface area contributed by atoms with Gasteiger partial charge in [-0.05, 0) is 37.3 Å². The molecule has 0 saturated heterocycles. The molecule has 3 rings (SSSR count). The predicted octanol–water partition coefficient (Wildman–Crippen LogP) is 3.66. The van der Waals surface area contributed by atoms with Gasteiger partial charge >= 0.3 is 0 Å². The monoisotopic (exact) mass is 291 g/mol. The third-order valence-electron chi connectivity index (χ3n) is 3.55. The van der Waals surface area contributed by atoms with Crippen LogP contribution < -0.4 is 5.32 Å². The van der Waals surface area contributed by atoms with Crippen LogP contribution in [0.15, 0.2) is 28.0 Å². The smallest absolute Gasteiger partial charge is 0.130 e. The van der Waals surface area contributed by atoms with Crippen LogP contribution in [0.25, 0.3) is 0 Å². The maximum absolute atomic E-state index is 5.74. The van der Waals surface area contributed by atoms with Crippen molar-refractivity contribution in [3.63, 3.8) is 0 Å². The second-order valence-corrected chi connectivity index (χ2v) is 6.36. The van der Waals surface area contributed by atoms with Crippen molar-refractivity contribution in [2.24, 2.45) is 0 Å². The van der Waals surface area contributed by atoms with Gasteiger partial charge in [-0.2, -0.15) is 0 Å². The van der Waals surface area contributed by atoms with Gasteiger partial charge in [-0.25, -0.2) is 0 Å². The molecular weight excluding hydrogens is 270 g/mol. The Labute approximate surface area is 124 Å². The minimum atomic E-state index is 0.565. The van der Waals surface area contributed by atoms with Gasteiger partial charge in [-0.3, -0.25) is 0 Å². The van der Waals surface area contributed by atoms with Crippen molar-refractivity contribution >= 4 is 11.3 Å². The first-order chi connectivity index (χ1) is 9.81. The predicted molar refractivity (Wildman–Crippen MR) is 81.0 cm³/mol. The maximum Gasteiger partial charge on any atom is 0.130 e. The highest BCUT2D eigenvalue weighted by molar-refractivity contribution is 7.09. The molecule has 0 atom stereocenters. The molecule has 0 bridgehead atoms. The molecule has 4 heteroatoms. The lowest BCUT2D eigenvalue weighted by atomic mass is 10.2. The summed E-state index contributed by atoms with van der Waals surface area (Å²) in [6.45, 7) is 4.25. The summed E-state index contributed by atoms with van der Waals surface area (Å²) in [5, 5.41) is 5.61. The molecule has 2 heterocycles. The van der Waals surface area contributed by atoms with E-state index in [0.717, 1.165) is 37.1 Å². The zero-order valence-electron chi connectivity index (χ0n) is 11.9. The standard InChI is InChI=1S/C16H21NO2S/c1-12-13(10-17-14-4-5-14)9-15(19-12)11-18-7-6-16-3-2-8-20-16/h2-3,8-9,14,17H,4-7,10-11H2,1H3. The summed E-state index contributed by atoms with van der Waals surface area (Å²) in [4.78, 5) is 1.37. The van der Waals surface area contributed by atoms with Crippen molar-refractivity contribution in [1.82, 2.24) is 5.32 Å². The van der Waals surface area contributed by atoms with E-state index in [-0.39, 0.29) is 0 Å². The minimum absolute atomic E-state index is 0.565. The Balaban J connectivity index is 1.41. The topological polar surface area (TPSA) is 34.4 Å². The van der Waals surface area contributed by atoms with Gasteiger partial charge in [-0.15, -0.1) is 11.3 Å². The van der Waals surface area contributed by atoms with Crippen LogP contribution in [0.2, 0.25) is 0 Å². The lowest BCUT2D eigenvalue weighted by molar-refractivity contribution is 0.108.